The SMILES string of the molecule is Cl.Fc1ccc(Nc2nc(N/N=C/c3ccco3)nc(N3CCCCC3)n2)cc1. The van der Waals surface area contributed by atoms with Crippen molar-refractivity contribution in [2.45, 2.75) is 19.3 Å². The third kappa shape index (κ3) is 5.64. The molecule has 0 bridgehead atoms. The maximum Gasteiger partial charge on any atom is 0.250 e. The number of aromatic nitrogens is 3. The van der Waals surface area contributed by atoms with Gasteiger partial charge in [-0.1, -0.05) is 0 Å². The lowest BCUT2D eigenvalue weighted by atomic mass is 10.1. The maximum atomic E-state index is 13.1. The standard InChI is InChI=1S/C19H20FN7O.ClH/c20-14-6-8-15(9-7-14)22-17-23-18(26-21-13-16-5-4-12-28-16)25-19(24-17)27-10-2-1-3-11-27;/h4-9,12-13H,1-3,10-11H2,(H2,22,23,24,25,26);1H/b21-13+;. The molecule has 0 aliphatic carbocycles. The minimum Gasteiger partial charge on any atom is -0.463 e. The van der Waals surface area contributed by atoms with Gasteiger partial charge in [0, 0.05) is 18.8 Å². The van der Waals surface area contributed by atoms with E-state index in [9.17, 15) is 4.39 Å². The van der Waals surface area contributed by atoms with Crippen molar-refractivity contribution in [3.63, 3.8) is 0 Å². The van der Waals surface area contributed by atoms with E-state index in [2.05, 4.69) is 35.7 Å². The van der Waals surface area contributed by atoms with Gasteiger partial charge in [0.25, 0.3) is 0 Å². The van der Waals surface area contributed by atoms with Gasteiger partial charge in [0.2, 0.25) is 17.8 Å². The van der Waals surface area contributed by atoms with E-state index in [1.165, 1.54) is 24.8 Å². The third-order valence-corrected chi connectivity index (χ3v) is 4.26. The minimum absolute atomic E-state index is 0. The van der Waals surface area contributed by atoms with Crippen LogP contribution >= 0.6 is 12.4 Å². The summed E-state index contributed by atoms with van der Waals surface area (Å²) in [5.41, 5.74) is 3.50. The number of hydrazone groups is 1. The summed E-state index contributed by atoms with van der Waals surface area (Å²) < 4.78 is 18.4. The number of hydrogen-bond acceptors (Lipinski definition) is 8. The molecule has 2 N–H and O–H groups in total. The zero-order valence-corrected chi connectivity index (χ0v) is 16.4. The molecule has 0 radical (unpaired) electrons. The van der Waals surface area contributed by atoms with Gasteiger partial charge in [0.1, 0.15) is 11.6 Å². The Bertz CT molecular complexity index is 928. The first-order chi connectivity index (χ1) is 13.8. The predicted molar refractivity (Wildman–Crippen MR) is 113 cm³/mol. The van der Waals surface area contributed by atoms with Crippen molar-refractivity contribution < 1.29 is 8.81 Å². The fraction of sp³-hybridized carbons (Fsp3) is 0.263. The largest absolute Gasteiger partial charge is 0.463 e. The van der Waals surface area contributed by atoms with Crippen LogP contribution in [-0.4, -0.2) is 34.3 Å². The number of piperidine rings is 1. The molecule has 2 aromatic heterocycles. The smallest absolute Gasteiger partial charge is 0.250 e. The first-order valence-electron chi connectivity index (χ1n) is 9.12. The molecule has 0 spiro atoms. The van der Waals surface area contributed by atoms with E-state index in [1.54, 1.807) is 30.5 Å². The summed E-state index contributed by atoms with van der Waals surface area (Å²) in [5, 5.41) is 7.20. The van der Waals surface area contributed by atoms with Crippen LogP contribution in [0.5, 0.6) is 0 Å². The molecule has 29 heavy (non-hydrogen) atoms. The lowest BCUT2D eigenvalue weighted by Gasteiger charge is -2.26. The maximum absolute atomic E-state index is 13.1. The van der Waals surface area contributed by atoms with Gasteiger partial charge in [-0.05, 0) is 55.7 Å². The van der Waals surface area contributed by atoms with Crippen LogP contribution in [0.25, 0.3) is 0 Å². The molecule has 0 atom stereocenters. The molecule has 1 aromatic carbocycles. The van der Waals surface area contributed by atoms with Crippen molar-refractivity contribution in [2.24, 2.45) is 5.10 Å². The monoisotopic (exact) mass is 417 g/mol. The molecule has 3 heterocycles. The number of nitrogens with one attached hydrogen (secondary N) is 2. The zero-order chi connectivity index (χ0) is 19.2. The van der Waals surface area contributed by atoms with Crippen LogP contribution in [0.15, 0.2) is 52.2 Å². The first-order valence-corrected chi connectivity index (χ1v) is 9.12. The fourth-order valence-electron chi connectivity index (χ4n) is 2.89. The summed E-state index contributed by atoms with van der Waals surface area (Å²) in [6.45, 7) is 1.80. The van der Waals surface area contributed by atoms with Gasteiger partial charge < -0.3 is 14.6 Å². The topological polar surface area (TPSA) is 91.5 Å². The average molecular weight is 418 g/mol. The Morgan fingerprint density at radius 3 is 2.48 bits per heavy atom. The van der Waals surface area contributed by atoms with E-state index >= 15 is 0 Å². The highest BCUT2D eigenvalue weighted by Crippen LogP contribution is 2.21. The number of benzene rings is 1. The van der Waals surface area contributed by atoms with Crippen LogP contribution in [0.2, 0.25) is 0 Å². The minimum atomic E-state index is -0.301. The van der Waals surface area contributed by atoms with Crippen LogP contribution < -0.4 is 15.6 Å². The second-order valence-electron chi connectivity index (χ2n) is 6.35. The molecule has 1 aliphatic heterocycles. The summed E-state index contributed by atoms with van der Waals surface area (Å²) in [6.07, 6.45) is 6.53. The highest BCUT2D eigenvalue weighted by molar-refractivity contribution is 5.85. The second kappa shape index (κ2) is 9.83. The highest BCUT2D eigenvalue weighted by Gasteiger charge is 2.16. The summed E-state index contributed by atoms with van der Waals surface area (Å²) in [4.78, 5) is 15.5. The van der Waals surface area contributed by atoms with Gasteiger partial charge in [0.15, 0.2) is 0 Å². The lowest BCUT2D eigenvalue weighted by molar-refractivity contribution is 0.560. The Morgan fingerprint density at radius 2 is 1.76 bits per heavy atom. The molecule has 0 unspecified atom stereocenters. The van der Waals surface area contributed by atoms with E-state index in [0.29, 0.717) is 29.3 Å². The quantitative estimate of drug-likeness (QED) is 0.458. The number of nitrogens with zero attached hydrogens (tertiary/aromatic N) is 5. The van der Waals surface area contributed by atoms with Crippen LogP contribution in [0, 0.1) is 5.82 Å². The molecule has 8 nitrogen and oxygen atoms in total. The first kappa shape index (κ1) is 20.5. The molecular formula is C19H21ClFN7O. The van der Waals surface area contributed by atoms with Crippen molar-refractivity contribution in [2.75, 3.05) is 28.7 Å². The number of hydrogen-bond donors (Lipinski definition) is 2. The Hall–Kier alpha value is -3.20. The van der Waals surface area contributed by atoms with E-state index < -0.39 is 0 Å². The van der Waals surface area contributed by atoms with Gasteiger partial charge in [0.05, 0.1) is 12.5 Å². The van der Waals surface area contributed by atoms with Gasteiger partial charge >= 0.3 is 0 Å². The Kier molecular flexibility index (Phi) is 6.96. The molecule has 1 saturated heterocycles. The number of anilines is 4. The highest BCUT2D eigenvalue weighted by atomic mass is 35.5. The van der Waals surface area contributed by atoms with Crippen LogP contribution in [0.3, 0.4) is 0 Å². The second-order valence-corrected chi connectivity index (χ2v) is 6.35. The molecular weight excluding hydrogens is 397 g/mol. The van der Waals surface area contributed by atoms with Crippen molar-refractivity contribution in [1.29, 1.82) is 0 Å². The molecule has 10 heteroatoms. The molecule has 0 saturated carbocycles. The third-order valence-electron chi connectivity index (χ3n) is 4.26. The van der Waals surface area contributed by atoms with E-state index in [-0.39, 0.29) is 18.2 Å². The van der Waals surface area contributed by atoms with Crippen LogP contribution in [-0.2, 0) is 0 Å². The van der Waals surface area contributed by atoms with E-state index in [0.717, 1.165) is 25.9 Å². The lowest BCUT2D eigenvalue weighted by Crippen LogP contribution is -2.31. The Labute approximate surface area is 173 Å². The van der Waals surface area contributed by atoms with E-state index in [1.807, 2.05) is 0 Å². The van der Waals surface area contributed by atoms with E-state index in [4.69, 9.17) is 4.42 Å². The van der Waals surface area contributed by atoms with Crippen molar-refractivity contribution in [3.8, 4) is 0 Å². The molecule has 152 valence electrons. The summed E-state index contributed by atoms with van der Waals surface area (Å²) in [7, 11) is 0. The normalized spacial score (nSPS) is 13.9. The number of halogens is 2. The van der Waals surface area contributed by atoms with Crippen molar-refractivity contribution >= 4 is 42.2 Å². The van der Waals surface area contributed by atoms with Gasteiger partial charge in [-0.15, -0.1) is 12.4 Å². The van der Waals surface area contributed by atoms with Crippen molar-refractivity contribution in [3.05, 3.63) is 54.2 Å². The van der Waals surface area contributed by atoms with Gasteiger partial charge in [-0.2, -0.15) is 20.1 Å². The zero-order valence-electron chi connectivity index (χ0n) is 15.6. The Balaban J connectivity index is 0.00000240. The Morgan fingerprint density at radius 1 is 1.00 bits per heavy atom. The molecule has 1 fully saturated rings. The average Bonchev–Trinajstić information content (AvgIpc) is 3.24. The predicted octanol–water partition coefficient (Wildman–Crippen LogP) is 4.21. The number of rotatable bonds is 6. The summed E-state index contributed by atoms with van der Waals surface area (Å²) in [6, 6.07) is 9.58. The van der Waals surface area contributed by atoms with Crippen LogP contribution in [0.1, 0.15) is 25.0 Å². The summed E-state index contributed by atoms with van der Waals surface area (Å²) in [5.74, 6) is 1.56. The molecule has 3 aromatic rings. The molecule has 4 rings (SSSR count). The molecule has 0 amide bonds. The van der Waals surface area contributed by atoms with Crippen LogP contribution in [0.4, 0.5) is 27.9 Å². The number of furan rings is 1. The van der Waals surface area contributed by atoms with Gasteiger partial charge in [-0.3, -0.25) is 0 Å². The fourth-order valence-corrected chi connectivity index (χ4v) is 2.89. The van der Waals surface area contributed by atoms with Gasteiger partial charge in [-0.25, -0.2) is 9.82 Å². The molecule has 1 aliphatic rings. The summed E-state index contributed by atoms with van der Waals surface area (Å²) >= 11 is 0. The van der Waals surface area contributed by atoms with Crippen molar-refractivity contribution in [1.82, 2.24) is 15.0 Å².